The van der Waals surface area contributed by atoms with Gasteiger partial charge in [0.1, 0.15) is 11.6 Å². The predicted octanol–water partition coefficient (Wildman–Crippen LogP) is 8.84. The van der Waals surface area contributed by atoms with E-state index in [1.165, 1.54) is 32.9 Å². The van der Waals surface area contributed by atoms with E-state index in [1.54, 1.807) is 38.9 Å². The Labute approximate surface area is 291 Å². The van der Waals surface area contributed by atoms with Crippen molar-refractivity contribution in [3.8, 4) is 11.1 Å². The minimum Gasteiger partial charge on any atom is -0.466 e. The molecule has 0 amide bonds. The molecule has 0 aliphatic rings. The second-order valence-corrected chi connectivity index (χ2v) is 13.3. The van der Waals surface area contributed by atoms with Crippen molar-refractivity contribution in [3.05, 3.63) is 91.9 Å². The predicted molar refractivity (Wildman–Crippen MR) is 176 cm³/mol. The topological polar surface area (TPSA) is 68.6 Å². The molecule has 2 atom stereocenters. The molecule has 1 aromatic heterocycles. The smallest absolute Gasteiger partial charge is 0.419 e. The maximum Gasteiger partial charge on any atom is 0.419 e. The molecule has 0 bridgehead atoms. The molecule has 0 fully saturated rings. The third-order valence-corrected chi connectivity index (χ3v) is 8.56. The van der Waals surface area contributed by atoms with Crippen molar-refractivity contribution in [1.29, 1.82) is 0 Å². The molecule has 6 nitrogen and oxygen atoms in total. The van der Waals surface area contributed by atoms with Gasteiger partial charge in [-0.25, -0.2) is 8.78 Å². The summed E-state index contributed by atoms with van der Waals surface area (Å²) in [4.78, 5) is 41.8. The third-order valence-electron chi connectivity index (χ3n) is 8.56. The summed E-state index contributed by atoms with van der Waals surface area (Å²) in [6.07, 6.45) is -11.4. The number of carbonyl (C=O) groups is 2. The second-order valence-electron chi connectivity index (χ2n) is 13.3. The van der Waals surface area contributed by atoms with Gasteiger partial charge < -0.3 is 14.2 Å². The number of aryl methyl sites for hydroxylation is 2. The molecule has 0 N–H and O–H groups in total. The zero-order chi connectivity index (χ0) is 38.6. The van der Waals surface area contributed by atoms with Crippen LogP contribution in [0, 0.1) is 31.4 Å². The van der Waals surface area contributed by atoms with Crippen molar-refractivity contribution in [2.45, 2.75) is 84.6 Å². The number of aromatic nitrogens is 1. The SMILES string of the molecule is CCOC(=O)C[C@H](CC(=O)C(CC(C)C)n1cc(CCN(C)C)c(C(F)(F)F)cc1=O)c1c(F)c(-c2c(C)cccc2C)cc(C(F)(F)F)c1F. The van der Waals surface area contributed by atoms with Crippen LogP contribution in [0.2, 0.25) is 0 Å². The molecule has 2 aromatic carbocycles. The van der Waals surface area contributed by atoms with Gasteiger partial charge in [0, 0.05) is 42.3 Å². The van der Waals surface area contributed by atoms with E-state index >= 15 is 8.78 Å². The molecule has 280 valence electrons. The molecule has 0 spiro atoms. The van der Waals surface area contributed by atoms with Crippen LogP contribution in [0.15, 0.2) is 41.3 Å². The largest absolute Gasteiger partial charge is 0.466 e. The van der Waals surface area contributed by atoms with E-state index in [9.17, 15) is 40.7 Å². The van der Waals surface area contributed by atoms with Crippen molar-refractivity contribution in [2.75, 3.05) is 27.2 Å². The fourth-order valence-electron chi connectivity index (χ4n) is 6.21. The van der Waals surface area contributed by atoms with E-state index in [1.807, 2.05) is 0 Å². The van der Waals surface area contributed by atoms with Gasteiger partial charge in [-0.3, -0.25) is 14.4 Å². The number of esters is 1. The van der Waals surface area contributed by atoms with E-state index in [0.29, 0.717) is 23.3 Å². The first-order valence-electron chi connectivity index (χ1n) is 16.4. The number of alkyl halides is 6. The number of nitrogens with zero attached hydrogens (tertiary/aromatic N) is 2. The van der Waals surface area contributed by atoms with Crippen molar-refractivity contribution < 1.29 is 49.4 Å². The van der Waals surface area contributed by atoms with Crippen LogP contribution in [-0.4, -0.2) is 48.5 Å². The van der Waals surface area contributed by atoms with Crippen LogP contribution >= 0.6 is 0 Å². The molecular formula is C37H42F8N2O4. The molecular weight excluding hydrogens is 688 g/mol. The summed E-state index contributed by atoms with van der Waals surface area (Å²) in [6.45, 7) is 7.80. The molecule has 1 heterocycles. The highest BCUT2D eigenvalue weighted by atomic mass is 19.4. The number of carbonyl (C=O) groups excluding carboxylic acids is 2. The number of likely N-dealkylation sites (N-methyl/N-ethyl adjacent to an activating group) is 1. The first kappa shape index (κ1) is 41.4. The lowest BCUT2D eigenvalue weighted by atomic mass is 9.83. The van der Waals surface area contributed by atoms with Crippen molar-refractivity contribution in [1.82, 2.24) is 9.47 Å². The summed E-state index contributed by atoms with van der Waals surface area (Å²) in [6, 6.07) is 3.91. The summed E-state index contributed by atoms with van der Waals surface area (Å²) < 4.78 is 123. The Balaban J connectivity index is 2.31. The molecule has 0 radical (unpaired) electrons. The van der Waals surface area contributed by atoms with E-state index in [-0.39, 0.29) is 43.0 Å². The minimum absolute atomic E-state index is 0.0576. The normalized spacial score (nSPS) is 13.5. The number of ketones is 1. The van der Waals surface area contributed by atoms with Gasteiger partial charge in [-0.15, -0.1) is 0 Å². The fourth-order valence-corrected chi connectivity index (χ4v) is 6.21. The van der Waals surface area contributed by atoms with Gasteiger partial charge in [0.2, 0.25) is 0 Å². The summed E-state index contributed by atoms with van der Waals surface area (Å²) in [5.41, 5.74) is -5.42. The van der Waals surface area contributed by atoms with Crippen LogP contribution in [-0.2, 0) is 33.1 Å². The van der Waals surface area contributed by atoms with E-state index < -0.39 is 88.4 Å². The quantitative estimate of drug-likeness (QED) is 0.123. The zero-order valence-electron chi connectivity index (χ0n) is 29.5. The molecule has 51 heavy (non-hydrogen) atoms. The van der Waals surface area contributed by atoms with Crippen LogP contribution in [0.4, 0.5) is 35.1 Å². The Hall–Kier alpha value is -4.07. The van der Waals surface area contributed by atoms with Gasteiger partial charge in [0.15, 0.2) is 5.78 Å². The van der Waals surface area contributed by atoms with Gasteiger partial charge in [0.25, 0.3) is 5.56 Å². The zero-order valence-corrected chi connectivity index (χ0v) is 29.5. The number of halogens is 8. The number of Topliss-reactive ketones (excluding diaryl/α,β-unsaturated/α-hetero) is 1. The Morgan fingerprint density at radius 1 is 0.902 bits per heavy atom. The number of ether oxygens (including phenoxy) is 1. The third kappa shape index (κ3) is 10.0. The monoisotopic (exact) mass is 730 g/mol. The fraction of sp³-hybridized carbons (Fsp3) is 0.486. The average molecular weight is 731 g/mol. The lowest BCUT2D eigenvalue weighted by Crippen LogP contribution is -2.33. The van der Waals surface area contributed by atoms with Gasteiger partial charge in [-0.05, 0) is 81.9 Å². The minimum atomic E-state index is -5.31. The van der Waals surface area contributed by atoms with E-state index in [4.69, 9.17) is 4.74 Å². The summed E-state index contributed by atoms with van der Waals surface area (Å²) in [5, 5.41) is 0. The molecule has 1 unspecified atom stereocenters. The molecule has 14 heteroatoms. The molecule has 0 aliphatic carbocycles. The molecule has 0 aliphatic heterocycles. The Kier molecular flexibility index (Phi) is 13.4. The van der Waals surface area contributed by atoms with Crippen LogP contribution in [0.25, 0.3) is 11.1 Å². The number of hydrogen-bond donors (Lipinski definition) is 0. The first-order chi connectivity index (χ1) is 23.6. The Bertz CT molecular complexity index is 1770. The lowest BCUT2D eigenvalue weighted by molar-refractivity contribution is -0.143. The summed E-state index contributed by atoms with van der Waals surface area (Å²) in [5.74, 6) is -7.62. The van der Waals surface area contributed by atoms with Gasteiger partial charge in [-0.1, -0.05) is 32.0 Å². The number of benzene rings is 2. The number of hydrogen-bond acceptors (Lipinski definition) is 5. The van der Waals surface area contributed by atoms with Crippen LogP contribution < -0.4 is 5.56 Å². The van der Waals surface area contributed by atoms with Crippen LogP contribution in [0.3, 0.4) is 0 Å². The first-order valence-corrected chi connectivity index (χ1v) is 16.4. The lowest BCUT2D eigenvalue weighted by Gasteiger charge is -2.27. The van der Waals surface area contributed by atoms with Gasteiger partial charge >= 0.3 is 18.3 Å². The molecule has 3 rings (SSSR count). The maximum atomic E-state index is 16.6. The van der Waals surface area contributed by atoms with Gasteiger partial charge in [-0.2, -0.15) is 26.3 Å². The number of pyridine rings is 1. The highest BCUT2D eigenvalue weighted by molar-refractivity contribution is 5.85. The standard InChI is InChI=1S/C37H42F8N2O4/c1-8-51-31(50)16-24(33-34(38)25(17-27(35(33)39)37(43,44)45)32-21(4)10-9-11-22(32)5)15-29(48)28(14-20(2)3)47-19-23(12-13-46(6)7)26(18-30(47)49)36(40,41)42/h9-11,17-20,24,28H,8,12-16H2,1-7H3/t24-,28?/m0/s1. The van der Waals surface area contributed by atoms with E-state index in [0.717, 1.165) is 10.8 Å². The average Bonchev–Trinajstić information content (AvgIpc) is 2.99. The van der Waals surface area contributed by atoms with Gasteiger partial charge in [0.05, 0.1) is 30.2 Å². The molecule has 3 aromatic rings. The highest BCUT2D eigenvalue weighted by Gasteiger charge is 2.41. The molecule has 0 saturated carbocycles. The Morgan fingerprint density at radius 2 is 1.49 bits per heavy atom. The second kappa shape index (κ2) is 16.5. The van der Waals surface area contributed by atoms with E-state index in [2.05, 4.69) is 0 Å². The summed E-state index contributed by atoms with van der Waals surface area (Å²) >= 11 is 0. The van der Waals surface area contributed by atoms with Crippen LogP contribution in [0.1, 0.15) is 85.4 Å². The molecule has 0 saturated heterocycles. The maximum absolute atomic E-state index is 16.6. The van der Waals surface area contributed by atoms with Crippen molar-refractivity contribution in [3.63, 3.8) is 0 Å². The summed E-state index contributed by atoms with van der Waals surface area (Å²) in [7, 11) is 3.27. The Morgan fingerprint density at radius 3 is 2.00 bits per heavy atom. The highest BCUT2D eigenvalue weighted by Crippen LogP contribution is 2.44. The van der Waals surface area contributed by atoms with Crippen molar-refractivity contribution in [2.24, 2.45) is 5.92 Å². The van der Waals surface area contributed by atoms with Crippen molar-refractivity contribution >= 4 is 11.8 Å². The number of rotatable bonds is 14. The van der Waals surface area contributed by atoms with Crippen LogP contribution in [0.5, 0.6) is 0 Å².